The Morgan fingerprint density at radius 3 is 2.88 bits per heavy atom. The Balaban J connectivity index is 2.11. The summed E-state index contributed by atoms with van der Waals surface area (Å²) in [7, 11) is 3.96. The van der Waals surface area contributed by atoms with E-state index >= 15 is 0 Å². The van der Waals surface area contributed by atoms with Gasteiger partial charge in [-0.2, -0.15) is 0 Å². The zero-order valence-electron chi connectivity index (χ0n) is 10.0. The van der Waals surface area contributed by atoms with Crippen LogP contribution in [0.2, 0.25) is 5.22 Å². The SMILES string of the molecule is CN(C)CCOCCNC(=O)c1ccoc1Cl. The molecule has 96 valence electrons. The van der Waals surface area contributed by atoms with Gasteiger partial charge in [0.1, 0.15) is 0 Å². The summed E-state index contributed by atoms with van der Waals surface area (Å²) in [5.74, 6) is -0.250. The van der Waals surface area contributed by atoms with Gasteiger partial charge in [-0.25, -0.2) is 0 Å². The minimum Gasteiger partial charge on any atom is -0.452 e. The van der Waals surface area contributed by atoms with Crippen LogP contribution >= 0.6 is 11.6 Å². The van der Waals surface area contributed by atoms with Crippen LogP contribution in [0.4, 0.5) is 0 Å². The summed E-state index contributed by atoms with van der Waals surface area (Å²) in [6, 6.07) is 1.53. The molecule has 17 heavy (non-hydrogen) atoms. The van der Waals surface area contributed by atoms with Crippen molar-refractivity contribution in [1.82, 2.24) is 10.2 Å². The maximum Gasteiger partial charge on any atom is 0.256 e. The van der Waals surface area contributed by atoms with Gasteiger partial charge in [0, 0.05) is 13.1 Å². The Morgan fingerprint density at radius 2 is 2.29 bits per heavy atom. The molecule has 1 heterocycles. The third-order valence-electron chi connectivity index (χ3n) is 2.08. The van der Waals surface area contributed by atoms with Crippen molar-refractivity contribution in [2.45, 2.75) is 0 Å². The van der Waals surface area contributed by atoms with Crippen LogP contribution < -0.4 is 5.32 Å². The largest absolute Gasteiger partial charge is 0.452 e. The van der Waals surface area contributed by atoms with Gasteiger partial charge in [0.15, 0.2) is 0 Å². The molecule has 1 aromatic rings. The van der Waals surface area contributed by atoms with E-state index in [1.54, 1.807) is 0 Å². The van der Waals surface area contributed by atoms with Gasteiger partial charge < -0.3 is 19.4 Å². The number of ether oxygens (including phenoxy) is 1. The zero-order chi connectivity index (χ0) is 12.7. The lowest BCUT2D eigenvalue weighted by molar-refractivity contribution is 0.0900. The molecule has 0 saturated carbocycles. The highest BCUT2D eigenvalue weighted by Gasteiger charge is 2.11. The van der Waals surface area contributed by atoms with Crippen molar-refractivity contribution in [3.05, 3.63) is 23.1 Å². The second-order valence-electron chi connectivity index (χ2n) is 3.78. The number of halogens is 1. The molecule has 0 atom stereocenters. The number of nitrogens with one attached hydrogen (secondary N) is 1. The number of furan rings is 1. The average Bonchev–Trinajstić information content (AvgIpc) is 2.69. The molecule has 0 radical (unpaired) electrons. The Kier molecular flexibility index (Phi) is 6.04. The number of amides is 1. The molecule has 0 aliphatic carbocycles. The van der Waals surface area contributed by atoms with Crippen molar-refractivity contribution in [2.75, 3.05) is 40.4 Å². The lowest BCUT2D eigenvalue weighted by Gasteiger charge is -2.10. The molecule has 0 aliphatic heterocycles. The molecular weight excluding hydrogens is 244 g/mol. The Morgan fingerprint density at radius 1 is 1.53 bits per heavy atom. The average molecular weight is 261 g/mol. The number of carbonyl (C=O) groups is 1. The van der Waals surface area contributed by atoms with Crippen molar-refractivity contribution >= 4 is 17.5 Å². The van der Waals surface area contributed by atoms with Gasteiger partial charge >= 0.3 is 0 Å². The van der Waals surface area contributed by atoms with E-state index in [1.165, 1.54) is 12.3 Å². The van der Waals surface area contributed by atoms with Crippen LogP contribution in [-0.2, 0) is 4.74 Å². The Hall–Kier alpha value is -1.04. The van der Waals surface area contributed by atoms with E-state index in [1.807, 2.05) is 19.0 Å². The normalized spacial score (nSPS) is 10.8. The van der Waals surface area contributed by atoms with Crippen molar-refractivity contribution in [2.24, 2.45) is 0 Å². The Labute approximate surface area is 106 Å². The molecule has 0 fully saturated rings. The number of nitrogens with zero attached hydrogens (tertiary/aromatic N) is 1. The molecule has 0 unspecified atom stereocenters. The lowest BCUT2D eigenvalue weighted by atomic mass is 10.3. The van der Waals surface area contributed by atoms with Gasteiger partial charge in [-0.1, -0.05) is 0 Å². The summed E-state index contributed by atoms with van der Waals surface area (Å²) >= 11 is 5.67. The van der Waals surface area contributed by atoms with Crippen LogP contribution in [0.3, 0.4) is 0 Å². The highest BCUT2D eigenvalue weighted by molar-refractivity contribution is 6.32. The standard InChI is InChI=1S/C11H17ClN2O3/c1-14(2)5-8-16-7-4-13-11(15)9-3-6-17-10(9)12/h3,6H,4-5,7-8H2,1-2H3,(H,13,15). The minimum atomic E-state index is -0.250. The van der Waals surface area contributed by atoms with Crippen molar-refractivity contribution in [3.8, 4) is 0 Å². The van der Waals surface area contributed by atoms with Gasteiger partial charge in [0.05, 0.1) is 25.0 Å². The first-order chi connectivity index (χ1) is 8.11. The maximum atomic E-state index is 11.5. The van der Waals surface area contributed by atoms with Gasteiger partial charge in [0.25, 0.3) is 5.91 Å². The molecule has 1 amide bonds. The zero-order valence-corrected chi connectivity index (χ0v) is 10.8. The predicted octanol–water partition coefficient (Wildman–Crippen LogP) is 1.24. The van der Waals surface area contributed by atoms with Crippen LogP contribution in [-0.4, -0.2) is 51.2 Å². The van der Waals surface area contributed by atoms with Crippen molar-refractivity contribution in [1.29, 1.82) is 0 Å². The lowest BCUT2D eigenvalue weighted by Crippen LogP contribution is -2.28. The van der Waals surface area contributed by atoms with Gasteiger partial charge in [-0.15, -0.1) is 0 Å². The molecular formula is C11H17ClN2O3. The molecule has 0 aromatic carbocycles. The number of likely N-dealkylation sites (N-methyl/N-ethyl adjacent to an activating group) is 1. The van der Waals surface area contributed by atoms with Crippen LogP contribution in [0.25, 0.3) is 0 Å². The molecule has 1 N–H and O–H groups in total. The van der Waals surface area contributed by atoms with Crippen molar-refractivity contribution < 1.29 is 13.9 Å². The van der Waals surface area contributed by atoms with E-state index < -0.39 is 0 Å². The summed E-state index contributed by atoms with van der Waals surface area (Å²) < 4.78 is 10.2. The summed E-state index contributed by atoms with van der Waals surface area (Å²) in [6.45, 7) is 2.44. The molecule has 0 bridgehead atoms. The van der Waals surface area contributed by atoms with Crippen LogP contribution in [0.15, 0.2) is 16.7 Å². The van der Waals surface area contributed by atoms with Crippen LogP contribution in [0.1, 0.15) is 10.4 Å². The van der Waals surface area contributed by atoms with Crippen LogP contribution in [0.5, 0.6) is 0 Å². The maximum absolute atomic E-state index is 11.5. The molecule has 0 saturated heterocycles. The highest BCUT2D eigenvalue weighted by Crippen LogP contribution is 2.15. The second kappa shape index (κ2) is 7.32. The highest BCUT2D eigenvalue weighted by atomic mass is 35.5. The van der Waals surface area contributed by atoms with E-state index in [4.69, 9.17) is 20.8 Å². The van der Waals surface area contributed by atoms with Crippen molar-refractivity contribution in [3.63, 3.8) is 0 Å². The summed E-state index contributed by atoms with van der Waals surface area (Å²) in [5, 5.41) is 2.80. The number of carbonyl (C=O) groups excluding carboxylic acids is 1. The fourth-order valence-corrected chi connectivity index (χ4v) is 1.34. The van der Waals surface area contributed by atoms with E-state index in [0.29, 0.717) is 25.3 Å². The smallest absolute Gasteiger partial charge is 0.256 e. The van der Waals surface area contributed by atoms with Gasteiger partial charge in [-0.05, 0) is 31.8 Å². The quantitative estimate of drug-likeness (QED) is 0.750. The molecule has 5 nitrogen and oxygen atoms in total. The molecule has 6 heteroatoms. The first kappa shape index (κ1) is 14.0. The predicted molar refractivity (Wildman–Crippen MR) is 65.4 cm³/mol. The summed E-state index contributed by atoms with van der Waals surface area (Å²) in [5.41, 5.74) is 0.347. The fraction of sp³-hybridized carbons (Fsp3) is 0.545. The fourth-order valence-electron chi connectivity index (χ4n) is 1.14. The number of rotatable bonds is 7. The van der Waals surface area contributed by atoms with Gasteiger partial charge in [-0.3, -0.25) is 4.79 Å². The van der Waals surface area contributed by atoms with Gasteiger partial charge in [0.2, 0.25) is 5.22 Å². The third-order valence-corrected chi connectivity index (χ3v) is 2.37. The monoisotopic (exact) mass is 260 g/mol. The van der Waals surface area contributed by atoms with E-state index in [2.05, 4.69) is 5.32 Å². The van der Waals surface area contributed by atoms with E-state index in [0.717, 1.165) is 6.54 Å². The topological polar surface area (TPSA) is 54.7 Å². The number of hydrogen-bond donors (Lipinski definition) is 1. The third kappa shape index (κ3) is 5.21. The first-order valence-corrected chi connectivity index (χ1v) is 5.72. The van der Waals surface area contributed by atoms with E-state index in [9.17, 15) is 4.79 Å². The van der Waals surface area contributed by atoms with Crippen LogP contribution in [0, 0.1) is 0 Å². The Bertz CT molecular complexity index is 352. The molecule has 1 rings (SSSR count). The molecule has 0 aliphatic rings. The first-order valence-electron chi connectivity index (χ1n) is 5.35. The summed E-state index contributed by atoms with van der Waals surface area (Å²) in [4.78, 5) is 13.6. The molecule has 1 aromatic heterocycles. The summed E-state index contributed by atoms with van der Waals surface area (Å²) in [6.07, 6.45) is 1.38. The number of hydrogen-bond acceptors (Lipinski definition) is 4. The molecule has 0 spiro atoms. The second-order valence-corrected chi connectivity index (χ2v) is 4.12. The van der Waals surface area contributed by atoms with E-state index in [-0.39, 0.29) is 11.1 Å². The minimum absolute atomic E-state index is 0.107.